The third kappa shape index (κ3) is 2.90. The molecule has 0 bridgehead atoms. The largest absolute Gasteiger partial charge is 0.480 e. The number of likely N-dealkylation sites (N-methyl/N-ethyl adjacent to an activating group) is 1. The summed E-state index contributed by atoms with van der Waals surface area (Å²) in [5.41, 5.74) is 3.36. The third-order valence-electron chi connectivity index (χ3n) is 5.11. The lowest BCUT2D eigenvalue weighted by molar-refractivity contribution is -0.137. The minimum atomic E-state index is -0.817. The summed E-state index contributed by atoms with van der Waals surface area (Å²) in [6, 6.07) is 8.29. The maximum absolute atomic E-state index is 11.3. The highest BCUT2D eigenvalue weighted by Crippen LogP contribution is 2.34. The second kappa shape index (κ2) is 6.61. The van der Waals surface area contributed by atoms with E-state index in [9.17, 15) is 9.90 Å². The van der Waals surface area contributed by atoms with Crippen LogP contribution in [0.15, 0.2) is 36.7 Å². The van der Waals surface area contributed by atoms with E-state index >= 15 is 0 Å². The third-order valence-corrected chi connectivity index (χ3v) is 5.31. The van der Waals surface area contributed by atoms with Crippen LogP contribution in [-0.2, 0) is 24.2 Å². The van der Waals surface area contributed by atoms with Gasteiger partial charge in [-0.1, -0.05) is 29.8 Å². The highest BCUT2D eigenvalue weighted by Gasteiger charge is 2.28. The van der Waals surface area contributed by atoms with Gasteiger partial charge in [-0.3, -0.25) is 4.79 Å². The number of carbonyl (C=O) groups is 1. The van der Waals surface area contributed by atoms with Crippen LogP contribution in [0.3, 0.4) is 0 Å². The van der Waals surface area contributed by atoms with Crippen molar-refractivity contribution >= 4 is 34.4 Å². The highest BCUT2D eigenvalue weighted by atomic mass is 35.5. The summed E-state index contributed by atoms with van der Waals surface area (Å²) in [5.74, 6) is -0.167. The first-order valence-electron chi connectivity index (χ1n) is 8.55. The zero-order chi connectivity index (χ0) is 18.3. The molecule has 1 N–H and O–H groups in total. The van der Waals surface area contributed by atoms with Gasteiger partial charge >= 0.3 is 5.97 Å². The van der Waals surface area contributed by atoms with Gasteiger partial charge in [0.1, 0.15) is 6.54 Å². The molecule has 7 heteroatoms. The van der Waals surface area contributed by atoms with Crippen LogP contribution in [0.4, 0.5) is 5.95 Å². The van der Waals surface area contributed by atoms with Crippen molar-refractivity contribution < 1.29 is 9.90 Å². The topological polar surface area (TPSA) is 71.2 Å². The number of para-hydroxylation sites is 1. The van der Waals surface area contributed by atoms with E-state index in [0.717, 1.165) is 35.9 Å². The molecule has 0 fully saturated rings. The Labute approximate surface area is 156 Å². The van der Waals surface area contributed by atoms with Crippen molar-refractivity contribution in [3.05, 3.63) is 52.9 Å². The van der Waals surface area contributed by atoms with Crippen molar-refractivity contribution in [1.82, 2.24) is 14.5 Å². The molecule has 0 aliphatic heterocycles. The molecule has 134 valence electrons. The molecule has 3 aromatic rings. The van der Waals surface area contributed by atoms with Crippen molar-refractivity contribution in [2.45, 2.75) is 31.8 Å². The van der Waals surface area contributed by atoms with Gasteiger partial charge in [0.05, 0.1) is 17.4 Å². The van der Waals surface area contributed by atoms with Crippen LogP contribution in [-0.4, -0.2) is 38.7 Å². The minimum Gasteiger partial charge on any atom is -0.480 e. The summed E-state index contributed by atoms with van der Waals surface area (Å²) in [6.45, 7) is -0.00333. The molecule has 1 aliphatic carbocycles. The molecular formula is C19H19ClN4O2. The summed E-state index contributed by atoms with van der Waals surface area (Å²) in [5, 5.41) is 11.0. The number of benzene rings is 1. The van der Waals surface area contributed by atoms with E-state index < -0.39 is 5.97 Å². The predicted molar refractivity (Wildman–Crippen MR) is 101 cm³/mol. The lowest BCUT2D eigenvalue weighted by atomic mass is 9.90. The maximum atomic E-state index is 11.3. The van der Waals surface area contributed by atoms with Gasteiger partial charge in [-0.15, -0.1) is 0 Å². The van der Waals surface area contributed by atoms with Crippen LogP contribution in [0.25, 0.3) is 10.9 Å². The van der Waals surface area contributed by atoms with E-state index in [4.69, 9.17) is 11.6 Å². The lowest BCUT2D eigenvalue weighted by Crippen LogP contribution is -2.37. The first-order chi connectivity index (χ1) is 12.5. The number of anilines is 1. The fourth-order valence-electron chi connectivity index (χ4n) is 3.88. The molecule has 1 aliphatic rings. The van der Waals surface area contributed by atoms with Crippen molar-refractivity contribution in [2.75, 3.05) is 11.9 Å². The highest BCUT2D eigenvalue weighted by molar-refractivity contribution is 6.30. The van der Waals surface area contributed by atoms with Gasteiger partial charge in [0.15, 0.2) is 0 Å². The van der Waals surface area contributed by atoms with Crippen LogP contribution in [0, 0.1) is 0 Å². The number of hydrogen-bond acceptors (Lipinski definition) is 4. The van der Waals surface area contributed by atoms with Gasteiger partial charge in [-0.2, -0.15) is 0 Å². The molecule has 0 saturated heterocycles. The Kier molecular flexibility index (Phi) is 4.28. The van der Waals surface area contributed by atoms with Crippen LogP contribution >= 0.6 is 11.6 Å². The van der Waals surface area contributed by atoms with Crippen molar-refractivity contribution in [3.63, 3.8) is 0 Å². The van der Waals surface area contributed by atoms with E-state index in [1.165, 1.54) is 5.56 Å². The molecule has 1 aromatic carbocycles. The van der Waals surface area contributed by atoms with Gasteiger partial charge < -0.3 is 14.6 Å². The lowest BCUT2D eigenvalue weighted by Gasteiger charge is -2.32. The maximum Gasteiger partial charge on any atom is 0.323 e. The molecule has 0 spiro atoms. The smallest absolute Gasteiger partial charge is 0.323 e. The Morgan fingerprint density at radius 1 is 1.35 bits per heavy atom. The molecule has 0 unspecified atom stereocenters. The van der Waals surface area contributed by atoms with Crippen LogP contribution in [0.1, 0.15) is 17.7 Å². The van der Waals surface area contributed by atoms with Crippen LogP contribution in [0.2, 0.25) is 5.02 Å². The van der Waals surface area contributed by atoms with Gasteiger partial charge in [-0.05, 0) is 30.9 Å². The minimum absolute atomic E-state index is 0.00333. The van der Waals surface area contributed by atoms with E-state index in [-0.39, 0.29) is 12.6 Å². The van der Waals surface area contributed by atoms with Gasteiger partial charge in [0.2, 0.25) is 5.95 Å². The molecule has 0 amide bonds. The fourth-order valence-corrected chi connectivity index (χ4v) is 3.98. The molecular weight excluding hydrogens is 352 g/mol. The molecule has 2 aromatic heterocycles. The monoisotopic (exact) mass is 370 g/mol. The summed E-state index contributed by atoms with van der Waals surface area (Å²) in [6.07, 6.45) is 5.80. The number of halogens is 1. The number of aliphatic carboxylic acids is 1. The molecule has 4 rings (SSSR count). The zero-order valence-electron chi connectivity index (χ0n) is 14.4. The predicted octanol–water partition coefficient (Wildman–Crippen LogP) is 3.16. The normalized spacial score (nSPS) is 16.5. The summed E-state index contributed by atoms with van der Waals surface area (Å²) in [7, 11) is 2.00. The quantitative estimate of drug-likeness (QED) is 0.763. The molecule has 26 heavy (non-hydrogen) atoms. The van der Waals surface area contributed by atoms with E-state index in [1.807, 2.05) is 29.8 Å². The zero-order valence-corrected chi connectivity index (χ0v) is 15.1. The standard InChI is InChI=1S/C19H19ClN4O2/c1-23(19-21-9-12(20)10-22-19)13-6-7-17-15(8-13)14-4-2-3-5-16(14)24(17)11-18(25)26/h2-5,9-10,13H,6-8,11H2,1H3,(H,25,26)/t13-/m0/s1. The summed E-state index contributed by atoms with van der Waals surface area (Å²) < 4.78 is 1.95. The van der Waals surface area contributed by atoms with Gasteiger partial charge in [-0.25, -0.2) is 9.97 Å². The van der Waals surface area contributed by atoms with Crippen LogP contribution < -0.4 is 4.90 Å². The molecule has 6 nitrogen and oxygen atoms in total. The molecule has 1 atom stereocenters. The Morgan fingerprint density at radius 3 is 2.81 bits per heavy atom. The Hall–Kier alpha value is -2.60. The number of rotatable bonds is 4. The molecule has 2 heterocycles. The van der Waals surface area contributed by atoms with E-state index in [2.05, 4.69) is 20.9 Å². The number of hydrogen-bond donors (Lipinski definition) is 1. The van der Waals surface area contributed by atoms with Crippen molar-refractivity contribution in [3.8, 4) is 0 Å². The average molecular weight is 371 g/mol. The number of carboxylic acids is 1. The Bertz CT molecular complexity index is 968. The second-order valence-electron chi connectivity index (χ2n) is 6.63. The number of nitrogens with zero attached hydrogens (tertiary/aromatic N) is 4. The number of aromatic nitrogens is 3. The SMILES string of the molecule is CN(c1ncc(Cl)cn1)[C@H]1CCc2c(c3ccccc3n2CC(=O)O)C1. The number of carboxylic acid groups (broad SMARTS) is 1. The first-order valence-corrected chi connectivity index (χ1v) is 8.93. The van der Waals surface area contributed by atoms with E-state index in [1.54, 1.807) is 12.4 Å². The van der Waals surface area contributed by atoms with Crippen molar-refractivity contribution in [2.24, 2.45) is 0 Å². The molecule has 0 saturated carbocycles. The van der Waals surface area contributed by atoms with Crippen LogP contribution in [0.5, 0.6) is 0 Å². The summed E-state index contributed by atoms with van der Waals surface area (Å²) in [4.78, 5) is 22.0. The summed E-state index contributed by atoms with van der Waals surface area (Å²) >= 11 is 5.88. The van der Waals surface area contributed by atoms with E-state index in [0.29, 0.717) is 11.0 Å². The Morgan fingerprint density at radius 2 is 2.08 bits per heavy atom. The fraction of sp³-hybridized carbons (Fsp3) is 0.316. The van der Waals surface area contributed by atoms with Gasteiger partial charge in [0, 0.05) is 29.7 Å². The van der Waals surface area contributed by atoms with Gasteiger partial charge in [0.25, 0.3) is 0 Å². The average Bonchev–Trinajstić information content (AvgIpc) is 2.95. The molecule has 0 radical (unpaired) electrons. The first kappa shape index (κ1) is 16.8. The van der Waals surface area contributed by atoms with Crippen molar-refractivity contribution in [1.29, 1.82) is 0 Å². The number of fused-ring (bicyclic) bond motifs is 3. The second-order valence-corrected chi connectivity index (χ2v) is 7.07. The Balaban J connectivity index is 1.70.